The van der Waals surface area contributed by atoms with E-state index < -0.39 is 28.4 Å². The highest BCUT2D eigenvalue weighted by atomic mass is 35.5. The second-order valence-electron chi connectivity index (χ2n) is 5.35. The van der Waals surface area contributed by atoms with Crippen molar-refractivity contribution in [1.29, 1.82) is 0 Å². The zero-order chi connectivity index (χ0) is 20.7. The van der Waals surface area contributed by atoms with Gasteiger partial charge in [0.2, 0.25) is 10.0 Å². The molecule has 0 unspecified atom stereocenters. The molecule has 150 valence electrons. The molecule has 0 saturated heterocycles. The molecule has 2 rings (SSSR count). The van der Waals surface area contributed by atoms with Crippen molar-refractivity contribution in [2.45, 2.75) is 4.90 Å². The summed E-state index contributed by atoms with van der Waals surface area (Å²) in [5, 5.41) is 0.310. The number of rotatable bonds is 7. The standard InChI is InChI=1S/C17H18ClN3O6S/c1-26-12-4-6-13(7-5-12)28(24,25)19-10-16(22)20-21-17(23)14-9-11(18)3-8-15(14)27-2/h3-9,19H,10H2,1-2H3,(H,20,22)(H,21,23). The lowest BCUT2D eigenvalue weighted by atomic mass is 10.2. The number of benzene rings is 2. The second kappa shape index (κ2) is 9.40. The topological polar surface area (TPSA) is 123 Å². The summed E-state index contributed by atoms with van der Waals surface area (Å²) in [6.07, 6.45) is 0. The lowest BCUT2D eigenvalue weighted by Gasteiger charge is -2.11. The normalized spacial score (nSPS) is 10.8. The molecule has 0 radical (unpaired) electrons. The molecule has 0 aliphatic heterocycles. The Morgan fingerprint density at radius 1 is 1.00 bits per heavy atom. The van der Waals surface area contributed by atoms with E-state index in [1.54, 1.807) is 6.07 Å². The minimum Gasteiger partial charge on any atom is -0.497 e. The number of hydrogen-bond donors (Lipinski definition) is 3. The van der Waals surface area contributed by atoms with Crippen LogP contribution in [0, 0.1) is 0 Å². The molecule has 0 spiro atoms. The largest absolute Gasteiger partial charge is 0.497 e. The van der Waals surface area contributed by atoms with E-state index in [1.807, 2.05) is 0 Å². The SMILES string of the molecule is COc1ccc(S(=O)(=O)NCC(=O)NNC(=O)c2cc(Cl)ccc2OC)cc1. The van der Waals surface area contributed by atoms with Gasteiger partial charge in [-0.05, 0) is 42.5 Å². The molecule has 0 fully saturated rings. The molecule has 0 saturated carbocycles. The average Bonchev–Trinajstić information content (AvgIpc) is 2.70. The van der Waals surface area contributed by atoms with Crippen molar-refractivity contribution < 1.29 is 27.5 Å². The maximum absolute atomic E-state index is 12.2. The second-order valence-corrected chi connectivity index (χ2v) is 7.55. The van der Waals surface area contributed by atoms with Crippen LogP contribution >= 0.6 is 11.6 Å². The van der Waals surface area contributed by atoms with Crippen LogP contribution in [0.15, 0.2) is 47.4 Å². The molecule has 2 aromatic rings. The van der Waals surface area contributed by atoms with Crippen molar-refractivity contribution in [3.63, 3.8) is 0 Å². The molecule has 0 atom stereocenters. The Morgan fingerprint density at radius 3 is 2.29 bits per heavy atom. The summed E-state index contributed by atoms with van der Waals surface area (Å²) in [6.45, 7) is -0.582. The van der Waals surface area contributed by atoms with Gasteiger partial charge >= 0.3 is 0 Å². The monoisotopic (exact) mass is 427 g/mol. The number of methoxy groups -OCH3 is 2. The van der Waals surface area contributed by atoms with Gasteiger partial charge in [-0.15, -0.1) is 0 Å². The van der Waals surface area contributed by atoms with E-state index >= 15 is 0 Å². The Hall–Kier alpha value is -2.82. The summed E-state index contributed by atoms with van der Waals surface area (Å²) >= 11 is 5.85. The Balaban J connectivity index is 1.91. The van der Waals surface area contributed by atoms with Crippen LogP contribution in [-0.4, -0.2) is 41.0 Å². The third-order valence-corrected chi connectivity index (χ3v) is 5.17. The van der Waals surface area contributed by atoms with Crippen molar-refractivity contribution in [2.24, 2.45) is 0 Å². The number of carbonyl (C=O) groups is 2. The fraction of sp³-hybridized carbons (Fsp3) is 0.176. The molecule has 0 bridgehead atoms. The first kappa shape index (κ1) is 21.5. The molecule has 9 nitrogen and oxygen atoms in total. The third-order valence-electron chi connectivity index (χ3n) is 3.51. The van der Waals surface area contributed by atoms with Gasteiger partial charge in [0.05, 0.1) is 31.2 Å². The molecule has 3 N–H and O–H groups in total. The summed E-state index contributed by atoms with van der Waals surface area (Å²) in [4.78, 5) is 24.0. The van der Waals surface area contributed by atoms with Gasteiger partial charge in [-0.3, -0.25) is 20.4 Å². The van der Waals surface area contributed by atoms with Crippen LogP contribution in [0.4, 0.5) is 0 Å². The predicted octanol–water partition coefficient (Wildman–Crippen LogP) is 1.10. The fourth-order valence-electron chi connectivity index (χ4n) is 2.09. The van der Waals surface area contributed by atoms with E-state index in [0.717, 1.165) is 0 Å². The van der Waals surface area contributed by atoms with E-state index in [4.69, 9.17) is 21.1 Å². The minimum atomic E-state index is -3.90. The lowest BCUT2D eigenvalue weighted by molar-refractivity contribution is -0.120. The number of hydrogen-bond acceptors (Lipinski definition) is 6. The first-order chi connectivity index (χ1) is 13.3. The van der Waals surface area contributed by atoms with Crippen molar-refractivity contribution >= 4 is 33.4 Å². The number of amides is 2. The summed E-state index contributed by atoms with van der Waals surface area (Å²) in [6, 6.07) is 10.1. The highest BCUT2D eigenvalue weighted by Gasteiger charge is 2.17. The zero-order valence-corrected chi connectivity index (χ0v) is 16.6. The van der Waals surface area contributed by atoms with E-state index in [2.05, 4.69) is 15.6 Å². The van der Waals surface area contributed by atoms with Gasteiger partial charge in [-0.25, -0.2) is 13.1 Å². The van der Waals surface area contributed by atoms with E-state index in [-0.39, 0.29) is 16.2 Å². The van der Waals surface area contributed by atoms with Gasteiger partial charge in [0.15, 0.2) is 0 Å². The lowest BCUT2D eigenvalue weighted by Crippen LogP contribution is -2.46. The first-order valence-corrected chi connectivity index (χ1v) is 9.69. The van der Waals surface area contributed by atoms with Crippen LogP contribution < -0.4 is 25.0 Å². The van der Waals surface area contributed by atoms with Crippen molar-refractivity contribution in [3.05, 3.63) is 53.1 Å². The van der Waals surface area contributed by atoms with Gasteiger partial charge < -0.3 is 9.47 Å². The fourth-order valence-corrected chi connectivity index (χ4v) is 3.25. The van der Waals surface area contributed by atoms with Crippen LogP contribution in [0.5, 0.6) is 11.5 Å². The quantitative estimate of drug-likeness (QED) is 0.568. The number of halogens is 1. The summed E-state index contributed by atoms with van der Waals surface area (Å²) in [5.41, 5.74) is 4.38. The van der Waals surface area contributed by atoms with Crippen LogP contribution in [0.1, 0.15) is 10.4 Å². The number of sulfonamides is 1. The molecular weight excluding hydrogens is 410 g/mol. The Labute approximate surface area is 167 Å². The highest BCUT2D eigenvalue weighted by molar-refractivity contribution is 7.89. The highest BCUT2D eigenvalue weighted by Crippen LogP contribution is 2.22. The molecule has 11 heteroatoms. The summed E-state index contributed by atoms with van der Waals surface area (Å²) in [7, 11) is -1.06. The predicted molar refractivity (Wildman–Crippen MR) is 102 cm³/mol. The van der Waals surface area contributed by atoms with Crippen molar-refractivity contribution in [2.75, 3.05) is 20.8 Å². The molecule has 0 aromatic heterocycles. The van der Waals surface area contributed by atoms with Crippen molar-refractivity contribution in [3.8, 4) is 11.5 Å². The number of carbonyl (C=O) groups excluding carboxylic acids is 2. The van der Waals surface area contributed by atoms with E-state index in [0.29, 0.717) is 10.8 Å². The van der Waals surface area contributed by atoms with Gasteiger partial charge in [-0.1, -0.05) is 11.6 Å². The van der Waals surface area contributed by atoms with Gasteiger partial charge in [0.1, 0.15) is 11.5 Å². The molecule has 0 aliphatic rings. The molecule has 28 heavy (non-hydrogen) atoms. The molecular formula is C17H18ClN3O6S. The van der Waals surface area contributed by atoms with E-state index in [9.17, 15) is 18.0 Å². The number of ether oxygens (including phenoxy) is 2. The summed E-state index contributed by atoms with van der Waals surface area (Å²) < 4.78 is 36.5. The third kappa shape index (κ3) is 5.59. The molecule has 0 heterocycles. The van der Waals surface area contributed by atoms with Crippen LogP contribution in [-0.2, 0) is 14.8 Å². The van der Waals surface area contributed by atoms with Crippen LogP contribution in [0.2, 0.25) is 5.02 Å². The maximum Gasteiger partial charge on any atom is 0.273 e. The number of hydrazine groups is 1. The zero-order valence-electron chi connectivity index (χ0n) is 15.0. The average molecular weight is 428 g/mol. The van der Waals surface area contributed by atoms with Crippen LogP contribution in [0.25, 0.3) is 0 Å². The maximum atomic E-state index is 12.2. The number of nitrogens with one attached hydrogen (secondary N) is 3. The Morgan fingerprint density at radius 2 is 1.68 bits per heavy atom. The van der Waals surface area contributed by atoms with E-state index in [1.165, 1.54) is 50.6 Å². The summed E-state index contributed by atoms with van der Waals surface area (Å²) in [5.74, 6) is -0.690. The van der Waals surface area contributed by atoms with Gasteiger partial charge in [-0.2, -0.15) is 0 Å². The Kier molecular flexibility index (Phi) is 7.21. The van der Waals surface area contributed by atoms with Gasteiger partial charge in [0.25, 0.3) is 11.8 Å². The van der Waals surface area contributed by atoms with Gasteiger partial charge in [0, 0.05) is 5.02 Å². The minimum absolute atomic E-state index is 0.0335. The smallest absolute Gasteiger partial charge is 0.273 e. The van der Waals surface area contributed by atoms with Crippen LogP contribution in [0.3, 0.4) is 0 Å². The Bertz CT molecular complexity index is 963. The molecule has 2 aromatic carbocycles. The first-order valence-electron chi connectivity index (χ1n) is 7.83. The van der Waals surface area contributed by atoms with Crippen molar-refractivity contribution in [1.82, 2.24) is 15.6 Å². The molecule has 0 aliphatic carbocycles. The molecule has 2 amide bonds.